The minimum absolute atomic E-state index is 0.0709. The van der Waals surface area contributed by atoms with Gasteiger partial charge in [-0.05, 0) is 30.3 Å². The van der Waals surface area contributed by atoms with Gasteiger partial charge in [0.1, 0.15) is 12.3 Å². The maximum atomic E-state index is 12.3. The Balaban J connectivity index is 1.86. The van der Waals surface area contributed by atoms with E-state index in [0.717, 1.165) is 21.6 Å². The number of benzene rings is 2. The number of hydrogen-bond acceptors (Lipinski definition) is 4. The van der Waals surface area contributed by atoms with Crippen LogP contribution in [0.5, 0.6) is 5.75 Å². The molecule has 0 unspecified atom stereocenters. The molecule has 0 radical (unpaired) electrons. The molecule has 5 nitrogen and oxygen atoms in total. The van der Waals surface area contributed by atoms with Gasteiger partial charge in [0.05, 0.1) is 23.0 Å². The van der Waals surface area contributed by atoms with Crippen LogP contribution in [0.25, 0.3) is 10.2 Å². The van der Waals surface area contributed by atoms with Crippen LogP contribution in [0.1, 0.15) is 0 Å². The number of rotatable bonds is 4. The number of hydrogen-bond donors (Lipinski definition) is 1. The fourth-order valence-corrected chi connectivity index (χ4v) is 3.34. The van der Waals surface area contributed by atoms with E-state index in [2.05, 4.69) is 5.32 Å². The average molecular weight is 349 g/mol. The Morgan fingerprint density at radius 3 is 2.87 bits per heavy atom. The highest BCUT2D eigenvalue weighted by Crippen LogP contribution is 2.27. The van der Waals surface area contributed by atoms with Crippen molar-refractivity contribution in [3.63, 3.8) is 0 Å². The van der Waals surface area contributed by atoms with Crippen LogP contribution < -0.4 is 14.9 Å². The van der Waals surface area contributed by atoms with Crippen molar-refractivity contribution in [1.82, 2.24) is 4.57 Å². The number of aromatic nitrogens is 1. The van der Waals surface area contributed by atoms with Gasteiger partial charge in [-0.25, -0.2) is 0 Å². The number of ether oxygens (including phenoxy) is 1. The molecule has 0 aliphatic heterocycles. The molecule has 3 aromatic rings. The van der Waals surface area contributed by atoms with Crippen LogP contribution in [0.15, 0.2) is 47.3 Å². The number of carbonyl (C=O) groups is 1. The second-order valence-electron chi connectivity index (χ2n) is 4.81. The van der Waals surface area contributed by atoms with Crippen molar-refractivity contribution in [1.29, 1.82) is 0 Å². The number of nitrogens with one attached hydrogen (secondary N) is 1. The molecule has 23 heavy (non-hydrogen) atoms. The Morgan fingerprint density at radius 1 is 1.30 bits per heavy atom. The SMILES string of the molecule is COc1ccc(Cl)cc1NC(=O)Cn1c(=O)sc2ccccc21. The zero-order valence-corrected chi connectivity index (χ0v) is 13.8. The first kappa shape index (κ1) is 15.6. The van der Waals surface area contributed by atoms with Crippen molar-refractivity contribution >= 4 is 44.7 Å². The van der Waals surface area contributed by atoms with Gasteiger partial charge >= 0.3 is 4.87 Å². The molecule has 2 aromatic carbocycles. The van der Waals surface area contributed by atoms with Crippen molar-refractivity contribution in [2.24, 2.45) is 0 Å². The van der Waals surface area contributed by atoms with Crippen molar-refractivity contribution in [2.75, 3.05) is 12.4 Å². The normalized spacial score (nSPS) is 10.7. The Morgan fingerprint density at radius 2 is 2.09 bits per heavy atom. The molecule has 1 N–H and O–H groups in total. The maximum absolute atomic E-state index is 12.3. The first-order valence-electron chi connectivity index (χ1n) is 6.80. The standard InChI is InChI=1S/C16H13ClN2O3S/c1-22-13-7-6-10(17)8-11(13)18-15(20)9-19-12-4-2-3-5-14(12)23-16(19)21/h2-8H,9H2,1H3,(H,18,20). The lowest BCUT2D eigenvalue weighted by Crippen LogP contribution is -2.24. The molecular weight excluding hydrogens is 336 g/mol. The van der Waals surface area contributed by atoms with Crippen molar-refractivity contribution in [3.8, 4) is 5.75 Å². The third-order valence-corrected chi connectivity index (χ3v) is 4.51. The lowest BCUT2D eigenvalue weighted by Gasteiger charge is -2.11. The van der Waals surface area contributed by atoms with E-state index in [-0.39, 0.29) is 17.3 Å². The quantitative estimate of drug-likeness (QED) is 0.786. The number of para-hydroxylation sites is 1. The predicted octanol–water partition coefficient (Wildman–Crippen LogP) is 3.36. The lowest BCUT2D eigenvalue weighted by atomic mass is 10.3. The van der Waals surface area contributed by atoms with Crippen LogP contribution >= 0.6 is 22.9 Å². The molecule has 1 heterocycles. The van der Waals surface area contributed by atoms with Gasteiger partial charge in [0.15, 0.2) is 0 Å². The average Bonchev–Trinajstić information content (AvgIpc) is 2.83. The van der Waals surface area contributed by atoms with E-state index in [4.69, 9.17) is 16.3 Å². The third-order valence-electron chi connectivity index (χ3n) is 3.31. The first-order valence-corrected chi connectivity index (χ1v) is 7.99. The van der Waals surface area contributed by atoms with Gasteiger partial charge in [-0.15, -0.1) is 0 Å². The van der Waals surface area contributed by atoms with Crippen molar-refractivity contribution in [2.45, 2.75) is 6.54 Å². The smallest absolute Gasteiger partial charge is 0.308 e. The predicted molar refractivity (Wildman–Crippen MR) is 92.7 cm³/mol. The number of methoxy groups -OCH3 is 1. The summed E-state index contributed by atoms with van der Waals surface area (Å²) in [5.41, 5.74) is 1.22. The molecule has 0 aliphatic carbocycles. The van der Waals surface area contributed by atoms with E-state index >= 15 is 0 Å². The number of fused-ring (bicyclic) bond motifs is 1. The van der Waals surface area contributed by atoms with Crippen LogP contribution in [0.4, 0.5) is 5.69 Å². The van der Waals surface area contributed by atoms with Crippen LogP contribution in [0.2, 0.25) is 5.02 Å². The molecule has 0 spiro atoms. The summed E-state index contributed by atoms with van der Waals surface area (Å²) in [7, 11) is 1.51. The number of halogens is 1. The highest BCUT2D eigenvalue weighted by Gasteiger charge is 2.13. The Hall–Kier alpha value is -2.31. The number of carbonyl (C=O) groups excluding carboxylic acids is 1. The van der Waals surface area contributed by atoms with E-state index in [9.17, 15) is 9.59 Å². The maximum Gasteiger partial charge on any atom is 0.308 e. The Bertz CT molecular complexity index is 932. The molecule has 0 fully saturated rings. The Kier molecular flexibility index (Phi) is 4.36. The summed E-state index contributed by atoms with van der Waals surface area (Å²) in [5.74, 6) is 0.182. The second-order valence-corrected chi connectivity index (χ2v) is 6.24. The molecule has 0 saturated carbocycles. The van der Waals surface area contributed by atoms with E-state index < -0.39 is 0 Å². The summed E-state index contributed by atoms with van der Waals surface area (Å²) >= 11 is 7.06. The van der Waals surface area contributed by atoms with E-state index in [1.165, 1.54) is 11.7 Å². The summed E-state index contributed by atoms with van der Waals surface area (Å²) in [6, 6.07) is 12.3. The van der Waals surface area contributed by atoms with E-state index in [1.54, 1.807) is 18.2 Å². The summed E-state index contributed by atoms with van der Waals surface area (Å²) in [4.78, 5) is 24.2. The topological polar surface area (TPSA) is 60.3 Å². The largest absolute Gasteiger partial charge is 0.495 e. The minimum atomic E-state index is -0.323. The molecule has 3 rings (SSSR count). The molecular formula is C16H13ClN2O3S. The van der Waals surface area contributed by atoms with Crippen LogP contribution in [-0.2, 0) is 11.3 Å². The lowest BCUT2D eigenvalue weighted by molar-refractivity contribution is -0.116. The number of thiazole rings is 1. The monoisotopic (exact) mass is 348 g/mol. The molecule has 0 aliphatic rings. The molecule has 1 amide bonds. The number of anilines is 1. The first-order chi connectivity index (χ1) is 11.1. The molecule has 0 bridgehead atoms. The highest BCUT2D eigenvalue weighted by molar-refractivity contribution is 7.16. The van der Waals surface area contributed by atoms with Crippen molar-refractivity contribution < 1.29 is 9.53 Å². The minimum Gasteiger partial charge on any atom is -0.495 e. The van der Waals surface area contributed by atoms with Crippen molar-refractivity contribution in [3.05, 3.63) is 57.2 Å². The zero-order chi connectivity index (χ0) is 16.4. The second kappa shape index (κ2) is 6.44. The van der Waals surface area contributed by atoms with Gasteiger partial charge in [-0.2, -0.15) is 0 Å². The van der Waals surface area contributed by atoms with Gasteiger partial charge in [-0.3, -0.25) is 14.2 Å². The molecule has 7 heteroatoms. The fourth-order valence-electron chi connectivity index (χ4n) is 2.27. The van der Waals surface area contributed by atoms with Crippen LogP contribution in [0.3, 0.4) is 0 Å². The number of nitrogens with zero attached hydrogens (tertiary/aromatic N) is 1. The van der Waals surface area contributed by atoms with Crippen LogP contribution in [-0.4, -0.2) is 17.6 Å². The molecule has 118 valence electrons. The van der Waals surface area contributed by atoms with E-state index in [1.807, 2.05) is 24.3 Å². The molecule has 0 saturated heterocycles. The third kappa shape index (κ3) is 3.23. The van der Waals surface area contributed by atoms with Gasteiger partial charge in [-0.1, -0.05) is 35.1 Å². The summed E-state index contributed by atoms with van der Waals surface area (Å²) in [6.07, 6.45) is 0. The van der Waals surface area contributed by atoms with Gasteiger partial charge in [0.25, 0.3) is 0 Å². The fraction of sp³-hybridized carbons (Fsp3) is 0.125. The summed E-state index contributed by atoms with van der Waals surface area (Å²) in [6.45, 7) is -0.0709. The zero-order valence-electron chi connectivity index (χ0n) is 12.2. The Labute approximate surface area is 141 Å². The van der Waals surface area contributed by atoms with Gasteiger partial charge < -0.3 is 10.1 Å². The summed E-state index contributed by atoms with van der Waals surface area (Å²) in [5, 5.41) is 3.21. The molecule has 0 atom stereocenters. The van der Waals surface area contributed by atoms with Crippen LogP contribution in [0, 0.1) is 0 Å². The van der Waals surface area contributed by atoms with E-state index in [0.29, 0.717) is 16.5 Å². The summed E-state index contributed by atoms with van der Waals surface area (Å²) < 4.78 is 7.49. The number of amides is 1. The molecule has 1 aromatic heterocycles. The highest BCUT2D eigenvalue weighted by atomic mass is 35.5. The van der Waals surface area contributed by atoms with Gasteiger partial charge in [0.2, 0.25) is 5.91 Å². The van der Waals surface area contributed by atoms with Gasteiger partial charge in [0, 0.05) is 5.02 Å².